The van der Waals surface area contributed by atoms with Gasteiger partial charge in [-0.05, 0) is 55.5 Å². The van der Waals surface area contributed by atoms with Crippen molar-refractivity contribution in [2.24, 2.45) is 0 Å². The summed E-state index contributed by atoms with van der Waals surface area (Å²) in [6.45, 7) is 5.84. The molecule has 0 atom stereocenters. The molecule has 0 bridgehead atoms. The van der Waals surface area contributed by atoms with Crippen LogP contribution in [0, 0.1) is 0 Å². The molecular weight excluding hydrogens is 376 g/mol. The monoisotopic (exact) mass is 391 g/mol. The Hall–Kier alpha value is -1.94. The van der Waals surface area contributed by atoms with Crippen LogP contribution in [-0.4, -0.2) is 37.4 Å². The van der Waals surface area contributed by atoms with E-state index < -0.39 is 5.57 Å². The van der Waals surface area contributed by atoms with Gasteiger partial charge in [0.25, 0.3) is 0 Å². The Morgan fingerprint density at radius 1 is 1.32 bits per heavy atom. The Balaban J connectivity index is 1.90. The van der Waals surface area contributed by atoms with E-state index in [0.29, 0.717) is 10.8 Å². The van der Waals surface area contributed by atoms with E-state index in [1.165, 1.54) is 36.0 Å². The number of ether oxygens (including phenoxy) is 1. The number of benzene rings is 1. The summed E-state index contributed by atoms with van der Waals surface area (Å²) in [4.78, 5) is 12.0. The Labute approximate surface area is 152 Å². The molecule has 0 radical (unpaired) electrons. The number of rotatable bonds is 6. The minimum atomic E-state index is -3.78. The summed E-state index contributed by atoms with van der Waals surface area (Å²) in [6.07, 6.45) is 0. The van der Waals surface area contributed by atoms with Gasteiger partial charge in [-0.1, -0.05) is 11.8 Å². The lowest BCUT2D eigenvalue weighted by atomic mass is 10.1. The molecule has 25 heavy (non-hydrogen) atoms. The van der Waals surface area contributed by atoms with Crippen molar-refractivity contribution < 1.29 is 18.3 Å². The average Bonchev–Trinajstić information content (AvgIpc) is 2.94. The highest BCUT2D eigenvalue weighted by Gasteiger charge is 2.27. The standard InChI is InChI=1S/C14H16ClF2N5O2S/c1-13(2,3)22-12(19-20-21-22)25-8-11(23)18-9-4-6-10(7-5-9)24-14(15,16)17/h4-7H,8H2,1-3H3,(H,18,23). The van der Waals surface area contributed by atoms with Gasteiger partial charge in [-0.25, -0.2) is 4.68 Å². The van der Waals surface area contributed by atoms with Crippen LogP contribution in [0.4, 0.5) is 14.5 Å². The van der Waals surface area contributed by atoms with Crippen molar-refractivity contribution >= 4 is 35.0 Å². The number of nitrogens with one attached hydrogen (secondary N) is 1. The first-order valence-corrected chi connectivity index (χ1v) is 8.48. The summed E-state index contributed by atoms with van der Waals surface area (Å²) >= 11 is 5.87. The molecule has 11 heteroatoms. The molecule has 0 aliphatic rings. The number of halogens is 3. The number of carbonyl (C=O) groups excluding carboxylic acids is 1. The van der Waals surface area contributed by atoms with Gasteiger partial charge >= 0.3 is 5.57 Å². The molecule has 7 nitrogen and oxygen atoms in total. The minimum Gasteiger partial charge on any atom is -0.420 e. The van der Waals surface area contributed by atoms with E-state index in [1.54, 1.807) is 4.68 Å². The van der Waals surface area contributed by atoms with E-state index in [2.05, 4.69) is 37.2 Å². The van der Waals surface area contributed by atoms with Crippen molar-refractivity contribution in [2.45, 2.75) is 37.0 Å². The van der Waals surface area contributed by atoms with Crippen LogP contribution < -0.4 is 10.1 Å². The number of tetrazole rings is 1. The number of nitrogens with zero attached hydrogens (tertiary/aromatic N) is 4. The Morgan fingerprint density at radius 2 is 1.96 bits per heavy atom. The van der Waals surface area contributed by atoms with Crippen molar-refractivity contribution in [1.29, 1.82) is 0 Å². The zero-order valence-corrected chi connectivity index (χ0v) is 15.2. The van der Waals surface area contributed by atoms with Crippen LogP contribution in [0.1, 0.15) is 20.8 Å². The number of hydrogen-bond acceptors (Lipinski definition) is 6. The van der Waals surface area contributed by atoms with Crippen LogP contribution in [0.2, 0.25) is 0 Å². The predicted molar refractivity (Wildman–Crippen MR) is 90.0 cm³/mol. The maximum absolute atomic E-state index is 12.5. The normalized spacial score (nSPS) is 12.1. The second-order valence-corrected chi connectivity index (χ2v) is 7.34. The van der Waals surface area contributed by atoms with Gasteiger partial charge in [-0.15, -0.1) is 13.9 Å². The molecular formula is C14H16ClF2N5O2S. The molecule has 1 N–H and O–H groups in total. The molecule has 0 fully saturated rings. The summed E-state index contributed by atoms with van der Waals surface area (Å²) in [5, 5.41) is 14.6. The lowest BCUT2D eigenvalue weighted by molar-refractivity contribution is -0.113. The van der Waals surface area contributed by atoms with Crippen LogP contribution in [0.3, 0.4) is 0 Å². The van der Waals surface area contributed by atoms with Gasteiger partial charge < -0.3 is 10.1 Å². The van der Waals surface area contributed by atoms with Gasteiger partial charge in [-0.2, -0.15) is 0 Å². The third kappa shape index (κ3) is 6.13. The average molecular weight is 392 g/mol. The van der Waals surface area contributed by atoms with Crippen LogP contribution in [0.5, 0.6) is 5.75 Å². The van der Waals surface area contributed by atoms with E-state index in [4.69, 9.17) is 0 Å². The number of anilines is 1. The Kier molecular flexibility index (Phi) is 5.83. The van der Waals surface area contributed by atoms with Gasteiger partial charge in [-0.3, -0.25) is 4.79 Å². The van der Waals surface area contributed by atoms with Crippen LogP contribution >= 0.6 is 23.4 Å². The first kappa shape index (κ1) is 19.4. The van der Waals surface area contributed by atoms with Gasteiger partial charge in [0.2, 0.25) is 11.1 Å². The Morgan fingerprint density at radius 3 is 2.52 bits per heavy atom. The van der Waals surface area contributed by atoms with E-state index in [0.717, 1.165) is 0 Å². The van der Waals surface area contributed by atoms with Crippen LogP contribution in [0.15, 0.2) is 29.4 Å². The molecule has 0 aliphatic heterocycles. The van der Waals surface area contributed by atoms with Crippen molar-refractivity contribution in [1.82, 2.24) is 20.2 Å². The van der Waals surface area contributed by atoms with Crippen molar-refractivity contribution in [3.8, 4) is 5.75 Å². The molecule has 136 valence electrons. The fraction of sp³-hybridized carbons (Fsp3) is 0.429. The Bertz CT molecular complexity index is 728. The van der Waals surface area contributed by atoms with E-state index in [9.17, 15) is 13.6 Å². The smallest absolute Gasteiger partial charge is 0.420 e. The van der Waals surface area contributed by atoms with Gasteiger partial charge in [0.1, 0.15) is 5.75 Å². The summed E-state index contributed by atoms with van der Waals surface area (Å²) in [6, 6.07) is 5.41. The van der Waals surface area contributed by atoms with E-state index >= 15 is 0 Å². The van der Waals surface area contributed by atoms with E-state index in [1.807, 2.05) is 20.8 Å². The highest BCUT2D eigenvalue weighted by atomic mass is 35.5. The summed E-state index contributed by atoms with van der Waals surface area (Å²) in [5.74, 6) is -0.310. The third-order valence-electron chi connectivity index (χ3n) is 2.78. The summed E-state index contributed by atoms with van der Waals surface area (Å²) in [5.41, 5.74) is -3.65. The lowest BCUT2D eigenvalue weighted by Crippen LogP contribution is -2.24. The summed E-state index contributed by atoms with van der Waals surface area (Å²) < 4.78 is 30.9. The fourth-order valence-electron chi connectivity index (χ4n) is 1.76. The van der Waals surface area contributed by atoms with Crippen LogP contribution in [0.25, 0.3) is 0 Å². The van der Waals surface area contributed by atoms with Crippen molar-refractivity contribution in [3.63, 3.8) is 0 Å². The van der Waals surface area contributed by atoms with Gasteiger partial charge in [0, 0.05) is 17.3 Å². The molecule has 0 unspecified atom stereocenters. The first-order valence-electron chi connectivity index (χ1n) is 7.12. The molecule has 1 amide bonds. The molecule has 1 heterocycles. The number of carbonyl (C=O) groups is 1. The highest BCUT2D eigenvalue weighted by Crippen LogP contribution is 2.26. The third-order valence-corrected chi connectivity index (χ3v) is 3.78. The number of hydrogen-bond donors (Lipinski definition) is 1. The number of aromatic nitrogens is 4. The maximum Gasteiger partial charge on any atom is 0.487 e. The molecule has 0 saturated carbocycles. The molecule has 0 spiro atoms. The molecule has 0 aliphatic carbocycles. The molecule has 1 aromatic heterocycles. The molecule has 2 aromatic rings. The van der Waals surface area contributed by atoms with Crippen LogP contribution in [-0.2, 0) is 10.3 Å². The van der Waals surface area contributed by atoms with Crippen molar-refractivity contribution in [3.05, 3.63) is 24.3 Å². The maximum atomic E-state index is 12.5. The number of alkyl halides is 3. The van der Waals surface area contributed by atoms with Gasteiger partial charge in [0.15, 0.2) is 0 Å². The minimum absolute atomic E-state index is 0.0917. The molecule has 1 aromatic carbocycles. The molecule has 2 rings (SSSR count). The first-order chi connectivity index (χ1) is 11.5. The molecule has 0 saturated heterocycles. The van der Waals surface area contributed by atoms with Gasteiger partial charge in [0.05, 0.1) is 11.3 Å². The predicted octanol–water partition coefficient (Wildman–Crippen LogP) is 3.33. The van der Waals surface area contributed by atoms with E-state index in [-0.39, 0.29) is 22.9 Å². The second-order valence-electron chi connectivity index (χ2n) is 5.95. The topological polar surface area (TPSA) is 81.9 Å². The number of thioether (sulfide) groups is 1. The zero-order valence-electron chi connectivity index (χ0n) is 13.7. The highest BCUT2D eigenvalue weighted by molar-refractivity contribution is 7.99. The zero-order chi connectivity index (χ0) is 18.7. The fourth-order valence-corrected chi connectivity index (χ4v) is 2.71. The second kappa shape index (κ2) is 7.52. The summed E-state index contributed by atoms with van der Waals surface area (Å²) in [7, 11) is 0. The van der Waals surface area contributed by atoms with Crippen molar-refractivity contribution in [2.75, 3.05) is 11.1 Å². The quantitative estimate of drug-likeness (QED) is 0.600. The number of amides is 1. The lowest BCUT2D eigenvalue weighted by Gasteiger charge is -2.19. The SMILES string of the molecule is CC(C)(C)n1nnnc1SCC(=O)Nc1ccc(OC(F)(F)Cl)cc1. The largest absolute Gasteiger partial charge is 0.487 e.